The van der Waals surface area contributed by atoms with Gasteiger partial charge in [0.2, 0.25) is 15.9 Å². The molecule has 0 unspecified atom stereocenters. The van der Waals surface area contributed by atoms with Crippen molar-refractivity contribution in [2.45, 2.75) is 46.4 Å². The monoisotopic (exact) mass is 473 g/mol. The first-order valence-corrected chi connectivity index (χ1v) is 12.3. The minimum Gasteiger partial charge on any atom is -0.466 e. The molecule has 178 valence electrons. The van der Waals surface area contributed by atoms with E-state index < -0.39 is 15.9 Å². The second kappa shape index (κ2) is 9.48. The molecule has 0 fully saturated rings. The number of aryl methyl sites for hydroxylation is 4. The number of amides is 1. The van der Waals surface area contributed by atoms with Gasteiger partial charge in [0.25, 0.3) is 5.91 Å². The molecule has 0 radical (unpaired) electrons. The van der Waals surface area contributed by atoms with Gasteiger partial charge in [0.15, 0.2) is 12.3 Å². The molecular weight excluding hydrogens is 442 g/mol. The van der Waals surface area contributed by atoms with E-state index in [9.17, 15) is 13.2 Å². The van der Waals surface area contributed by atoms with E-state index in [1.165, 1.54) is 10.4 Å². The molecule has 2 heterocycles. The van der Waals surface area contributed by atoms with Crippen LogP contribution in [0.15, 0.2) is 23.1 Å². The fourth-order valence-corrected chi connectivity index (χ4v) is 5.36. The Labute approximate surface area is 194 Å². The predicted octanol–water partition coefficient (Wildman–Crippen LogP) is 3.25. The van der Waals surface area contributed by atoms with Crippen LogP contribution in [0.3, 0.4) is 0 Å². The largest absolute Gasteiger partial charge is 0.466 e. The Balaban J connectivity index is 1.83. The number of nitrogens with one attached hydrogen (secondary N) is 1. The van der Waals surface area contributed by atoms with Gasteiger partial charge in [-0.2, -0.15) is 4.31 Å². The third kappa shape index (κ3) is 4.86. The van der Waals surface area contributed by atoms with Crippen LogP contribution in [0, 0.1) is 27.7 Å². The summed E-state index contributed by atoms with van der Waals surface area (Å²) in [5.41, 5.74) is 4.52. The Morgan fingerprint density at radius 1 is 1.09 bits per heavy atom. The molecule has 1 amide bonds. The van der Waals surface area contributed by atoms with Crippen molar-refractivity contribution >= 4 is 32.7 Å². The van der Waals surface area contributed by atoms with Crippen molar-refractivity contribution in [2.24, 2.45) is 7.05 Å². The van der Waals surface area contributed by atoms with E-state index >= 15 is 0 Å². The highest BCUT2D eigenvalue weighted by Crippen LogP contribution is 2.28. The van der Waals surface area contributed by atoms with E-state index in [1.807, 2.05) is 33.8 Å². The van der Waals surface area contributed by atoms with Gasteiger partial charge in [-0.15, -0.1) is 5.10 Å². The molecule has 0 aliphatic carbocycles. The van der Waals surface area contributed by atoms with Crippen molar-refractivity contribution in [2.75, 3.05) is 25.0 Å². The zero-order chi connectivity index (χ0) is 24.5. The number of fused-ring (bicyclic) bond motifs is 1. The van der Waals surface area contributed by atoms with Gasteiger partial charge in [-0.05, 0) is 62.6 Å². The summed E-state index contributed by atoms with van der Waals surface area (Å²) in [4.78, 5) is 17.3. The van der Waals surface area contributed by atoms with Crippen molar-refractivity contribution in [1.29, 1.82) is 0 Å². The van der Waals surface area contributed by atoms with E-state index in [1.54, 1.807) is 31.6 Å². The summed E-state index contributed by atoms with van der Waals surface area (Å²) in [6.07, 6.45) is 0. The number of benzene rings is 1. The number of aromatic nitrogens is 3. The number of ether oxygens (including phenoxy) is 1. The molecule has 3 rings (SSSR count). The second-order valence-corrected chi connectivity index (χ2v) is 9.98. The van der Waals surface area contributed by atoms with E-state index in [0.717, 1.165) is 27.8 Å². The predicted molar refractivity (Wildman–Crippen MR) is 128 cm³/mol. The molecule has 0 saturated carbocycles. The number of hydrogen-bond donors (Lipinski definition) is 1. The minimum absolute atomic E-state index is 0.151. The zero-order valence-electron chi connectivity index (χ0n) is 20.2. The molecule has 0 aliphatic heterocycles. The highest BCUT2D eigenvalue weighted by Gasteiger charge is 2.24. The van der Waals surface area contributed by atoms with Crippen LogP contribution >= 0.6 is 0 Å². The van der Waals surface area contributed by atoms with Crippen molar-refractivity contribution in [3.8, 4) is 5.88 Å². The number of anilines is 1. The van der Waals surface area contributed by atoms with Gasteiger partial charge in [0.05, 0.1) is 10.3 Å². The van der Waals surface area contributed by atoms with E-state index in [4.69, 9.17) is 4.74 Å². The lowest BCUT2D eigenvalue weighted by Crippen LogP contribution is -2.31. The van der Waals surface area contributed by atoms with Crippen molar-refractivity contribution in [3.63, 3.8) is 0 Å². The highest BCUT2D eigenvalue weighted by atomic mass is 32.2. The fraction of sp³-hybridized carbons (Fsp3) is 0.435. The Kier molecular flexibility index (Phi) is 7.08. The quantitative estimate of drug-likeness (QED) is 0.538. The molecule has 0 saturated heterocycles. The van der Waals surface area contributed by atoms with E-state index in [0.29, 0.717) is 30.3 Å². The van der Waals surface area contributed by atoms with Crippen LogP contribution in [-0.2, 0) is 21.9 Å². The molecule has 0 aliphatic rings. The molecule has 0 spiro atoms. The maximum absolute atomic E-state index is 13.0. The van der Waals surface area contributed by atoms with Gasteiger partial charge in [0.1, 0.15) is 0 Å². The molecule has 2 aromatic heterocycles. The van der Waals surface area contributed by atoms with Crippen LogP contribution in [0.1, 0.15) is 36.2 Å². The summed E-state index contributed by atoms with van der Waals surface area (Å²) in [5.74, 6) is -0.0789. The van der Waals surface area contributed by atoms with Gasteiger partial charge in [-0.3, -0.25) is 4.79 Å². The smallest absolute Gasteiger partial charge is 0.262 e. The van der Waals surface area contributed by atoms with Gasteiger partial charge in [0, 0.05) is 31.5 Å². The highest BCUT2D eigenvalue weighted by molar-refractivity contribution is 7.89. The lowest BCUT2D eigenvalue weighted by atomic mass is 10.1. The lowest BCUT2D eigenvalue weighted by Gasteiger charge is -2.20. The first-order valence-electron chi connectivity index (χ1n) is 10.8. The molecule has 1 aromatic carbocycles. The summed E-state index contributed by atoms with van der Waals surface area (Å²) >= 11 is 0. The maximum atomic E-state index is 13.0. The van der Waals surface area contributed by atoms with E-state index in [-0.39, 0.29) is 11.5 Å². The van der Waals surface area contributed by atoms with Crippen LogP contribution in [0.2, 0.25) is 0 Å². The topological polar surface area (TPSA) is 106 Å². The number of sulfonamides is 1. The summed E-state index contributed by atoms with van der Waals surface area (Å²) < 4.78 is 34.7. The Bertz CT molecular complexity index is 1310. The average molecular weight is 474 g/mol. The van der Waals surface area contributed by atoms with Gasteiger partial charge in [-0.1, -0.05) is 13.8 Å². The van der Waals surface area contributed by atoms with E-state index in [2.05, 4.69) is 15.4 Å². The average Bonchev–Trinajstić information content (AvgIpc) is 3.06. The third-order valence-electron chi connectivity index (χ3n) is 5.68. The van der Waals surface area contributed by atoms with Crippen LogP contribution in [-0.4, -0.2) is 53.1 Å². The third-order valence-corrected chi connectivity index (χ3v) is 7.71. The summed E-state index contributed by atoms with van der Waals surface area (Å²) in [7, 11) is -1.88. The Morgan fingerprint density at radius 2 is 1.76 bits per heavy atom. The Morgan fingerprint density at radius 3 is 2.39 bits per heavy atom. The number of rotatable bonds is 8. The number of hydrogen-bond acceptors (Lipinski definition) is 6. The first kappa shape index (κ1) is 24.7. The molecule has 0 bridgehead atoms. The Hall–Kier alpha value is -2.98. The van der Waals surface area contributed by atoms with Gasteiger partial charge >= 0.3 is 0 Å². The number of pyridine rings is 1. The van der Waals surface area contributed by atoms with Crippen LogP contribution < -0.4 is 10.1 Å². The molecule has 0 atom stereocenters. The number of nitrogens with zero attached hydrogens (tertiary/aromatic N) is 4. The minimum atomic E-state index is -3.65. The first-order chi connectivity index (χ1) is 15.5. The molecule has 10 heteroatoms. The van der Waals surface area contributed by atoms with Gasteiger partial charge < -0.3 is 10.1 Å². The molecule has 33 heavy (non-hydrogen) atoms. The maximum Gasteiger partial charge on any atom is 0.262 e. The number of carbonyl (C=O) groups excluding carboxylic acids is 1. The van der Waals surface area contributed by atoms with Crippen molar-refractivity contribution in [1.82, 2.24) is 19.1 Å². The van der Waals surface area contributed by atoms with Crippen LogP contribution in [0.5, 0.6) is 5.88 Å². The van der Waals surface area contributed by atoms with Crippen LogP contribution in [0.4, 0.5) is 5.69 Å². The normalized spacial score (nSPS) is 11.9. The molecule has 3 aromatic rings. The number of carbonyl (C=O) groups is 1. The zero-order valence-corrected chi connectivity index (χ0v) is 21.0. The summed E-state index contributed by atoms with van der Waals surface area (Å²) in [6.45, 7) is 11.6. The summed E-state index contributed by atoms with van der Waals surface area (Å²) in [5, 5.41) is 7.90. The summed E-state index contributed by atoms with van der Waals surface area (Å²) in [6, 6.07) is 5.07. The standard InChI is InChI=1S/C23H31N5O4S/c1-8-28(9-2)33(30,31)18-11-14(3)17(6)19(12-18)25-20(29)13-32-23-21-15(4)10-16(5)24-22(21)27(7)26-23/h10-12H,8-9,13H2,1-7H3,(H,25,29). The second-order valence-electron chi connectivity index (χ2n) is 8.05. The molecular formula is C23H31N5O4S. The fourth-order valence-electron chi connectivity index (χ4n) is 3.79. The lowest BCUT2D eigenvalue weighted by molar-refractivity contribution is -0.118. The molecule has 9 nitrogen and oxygen atoms in total. The van der Waals surface area contributed by atoms with Crippen molar-refractivity contribution < 1.29 is 17.9 Å². The van der Waals surface area contributed by atoms with Gasteiger partial charge in [-0.25, -0.2) is 18.1 Å². The molecule has 1 N–H and O–H groups in total. The van der Waals surface area contributed by atoms with Crippen LogP contribution in [0.25, 0.3) is 11.0 Å². The SMILES string of the molecule is CCN(CC)S(=O)(=O)c1cc(C)c(C)c(NC(=O)COc2nn(C)c3nc(C)cc(C)c23)c1. The van der Waals surface area contributed by atoms with Crippen molar-refractivity contribution in [3.05, 3.63) is 40.6 Å².